The molecule has 4 heteroatoms. The van der Waals surface area contributed by atoms with Crippen LogP contribution >= 0.6 is 22.6 Å². The van der Waals surface area contributed by atoms with Gasteiger partial charge in [-0.05, 0) is 59.8 Å². The van der Waals surface area contributed by atoms with Crippen molar-refractivity contribution >= 4 is 22.6 Å². The van der Waals surface area contributed by atoms with E-state index in [4.69, 9.17) is 10.5 Å². The Morgan fingerprint density at radius 3 is 2.50 bits per heavy atom. The van der Waals surface area contributed by atoms with Gasteiger partial charge < -0.3 is 10.5 Å². The van der Waals surface area contributed by atoms with Gasteiger partial charge in [0.2, 0.25) is 0 Å². The first-order valence-corrected chi connectivity index (χ1v) is 6.82. The van der Waals surface area contributed by atoms with E-state index in [-0.39, 0.29) is 12.1 Å². The van der Waals surface area contributed by atoms with E-state index in [9.17, 15) is 0 Å². The van der Waals surface area contributed by atoms with Gasteiger partial charge in [-0.3, -0.25) is 4.98 Å². The normalized spacial score (nSPS) is 13.9. The van der Waals surface area contributed by atoms with Crippen molar-refractivity contribution in [2.45, 2.75) is 19.1 Å². The largest absolute Gasteiger partial charge is 0.484 e. The first-order valence-electron chi connectivity index (χ1n) is 5.74. The average Bonchev–Trinajstić information content (AvgIpc) is 2.38. The number of aromatic nitrogens is 1. The second-order valence-electron chi connectivity index (χ2n) is 4.14. The van der Waals surface area contributed by atoms with Crippen LogP contribution in [-0.2, 0) is 0 Å². The molecule has 0 bridgehead atoms. The van der Waals surface area contributed by atoms with E-state index < -0.39 is 0 Å². The molecule has 0 saturated carbocycles. The predicted octanol–water partition coefficient (Wildman–Crippen LogP) is 3.15. The maximum atomic E-state index is 5.99. The van der Waals surface area contributed by atoms with Crippen LogP contribution in [0.15, 0.2) is 48.8 Å². The van der Waals surface area contributed by atoms with Crippen molar-refractivity contribution in [2.75, 3.05) is 0 Å². The molecule has 0 spiro atoms. The van der Waals surface area contributed by atoms with Gasteiger partial charge in [-0.15, -0.1) is 0 Å². The lowest BCUT2D eigenvalue weighted by atomic mass is 10.1. The summed E-state index contributed by atoms with van der Waals surface area (Å²) in [6.45, 7) is 1.93. The van der Waals surface area contributed by atoms with Crippen molar-refractivity contribution in [1.29, 1.82) is 0 Å². The summed E-state index contributed by atoms with van der Waals surface area (Å²) in [5.74, 6) is 0.821. The van der Waals surface area contributed by atoms with Crippen LogP contribution in [0.25, 0.3) is 0 Å². The Morgan fingerprint density at radius 1 is 1.22 bits per heavy atom. The molecule has 0 amide bonds. The summed E-state index contributed by atoms with van der Waals surface area (Å²) >= 11 is 2.26. The van der Waals surface area contributed by atoms with Gasteiger partial charge in [0.05, 0.1) is 0 Å². The molecule has 0 fully saturated rings. The molecule has 2 rings (SSSR count). The Hall–Kier alpha value is -1.14. The van der Waals surface area contributed by atoms with Gasteiger partial charge >= 0.3 is 0 Å². The zero-order valence-electron chi connectivity index (χ0n) is 10.1. The lowest BCUT2D eigenvalue weighted by Crippen LogP contribution is -2.29. The second kappa shape index (κ2) is 6.15. The number of halogens is 1. The standard InChI is InChI=1S/C14H15IN2O/c1-10(16)14(11-3-2-8-17-9-11)18-13-6-4-12(15)5-7-13/h2-10,14H,16H2,1H3. The first kappa shape index (κ1) is 13.3. The van der Waals surface area contributed by atoms with Gasteiger partial charge in [0.25, 0.3) is 0 Å². The van der Waals surface area contributed by atoms with Gasteiger partial charge in [0, 0.05) is 27.6 Å². The summed E-state index contributed by atoms with van der Waals surface area (Å²) < 4.78 is 7.13. The molecule has 2 unspecified atom stereocenters. The Bertz CT molecular complexity index is 485. The Labute approximate surface area is 121 Å². The third kappa shape index (κ3) is 3.43. The molecule has 94 valence electrons. The smallest absolute Gasteiger partial charge is 0.140 e. The summed E-state index contributed by atoms with van der Waals surface area (Å²) in [5, 5.41) is 0. The van der Waals surface area contributed by atoms with Crippen molar-refractivity contribution in [1.82, 2.24) is 4.98 Å². The maximum Gasteiger partial charge on any atom is 0.140 e. The van der Waals surface area contributed by atoms with Crippen LogP contribution in [0.5, 0.6) is 5.75 Å². The molecule has 3 nitrogen and oxygen atoms in total. The monoisotopic (exact) mass is 354 g/mol. The zero-order chi connectivity index (χ0) is 13.0. The van der Waals surface area contributed by atoms with Gasteiger partial charge in [-0.2, -0.15) is 0 Å². The molecule has 0 aliphatic heterocycles. The lowest BCUT2D eigenvalue weighted by molar-refractivity contribution is 0.180. The lowest BCUT2D eigenvalue weighted by Gasteiger charge is -2.22. The van der Waals surface area contributed by atoms with E-state index in [1.807, 2.05) is 43.3 Å². The number of hydrogen-bond acceptors (Lipinski definition) is 3. The average molecular weight is 354 g/mol. The molecule has 0 radical (unpaired) electrons. The molecular weight excluding hydrogens is 339 g/mol. The Balaban J connectivity index is 2.19. The maximum absolute atomic E-state index is 5.99. The summed E-state index contributed by atoms with van der Waals surface area (Å²) in [7, 11) is 0. The summed E-state index contributed by atoms with van der Waals surface area (Å²) in [5.41, 5.74) is 6.98. The number of rotatable bonds is 4. The van der Waals surface area contributed by atoms with Crippen LogP contribution in [0.3, 0.4) is 0 Å². The van der Waals surface area contributed by atoms with Crippen LogP contribution in [0.4, 0.5) is 0 Å². The highest BCUT2D eigenvalue weighted by atomic mass is 127. The van der Waals surface area contributed by atoms with Crippen molar-refractivity contribution in [3.63, 3.8) is 0 Å². The highest BCUT2D eigenvalue weighted by molar-refractivity contribution is 14.1. The van der Waals surface area contributed by atoms with E-state index in [0.29, 0.717) is 0 Å². The topological polar surface area (TPSA) is 48.1 Å². The Kier molecular flexibility index (Phi) is 4.54. The molecule has 1 aromatic heterocycles. The van der Waals surface area contributed by atoms with Crippen LogP contribution in [0, 0.1) is 3.57 Å². The van der Waals surface area contributed by atoms with Crippen LogP contribution in [-0.4, -0.2) is 11.0 Å². The van der Waals surface area contributed by atoms with E-state index in [1.54, 1.807) is 12.4 Å². The van der Waals surface area contributed by atoms with Gasteiger partial charge in [-0.25, -0.2) is 0 Å². The molecule has 0 aliphatic carbocycles. The minimum Gasteiger partial charge on any atom is -0.484 e. The molecular formula is C14H15IN2O. The van der Waals surface area contributed by atoms with E-state index >= 15 is 0 Å². The SMILES string of the molecule is CC(N)C(Oc1ccc(I)cc1)c1cccnc1. The number of pyridine rings is 1. The highest BCUT2D eigenvalue weighted by Crippen LogP contribution is 2.24. The molecule has 2 atom stereocenters. The van der Waals surface area contributed by atoms with Crippen LogP contribution in [0.2, 0.25) is 0 Å². The molecule has 2 aromatic rings. The van der Waals surface area contributed by atoms with Crippen LogP contribution in [0.1, 0.15) is 18.6 Å². The third-order valence-corrected chi connectivity index (χ3v) is 3.29. The van der Waals surface area contributed by atoms with Crippen LogP contribution < -0.4 is 10.5 Å². The fourth-order valence-electron chi connectivity index (χ4n) is 1.68. The fraction of sp³-hybridized carbons (Fsp3) is 0.214. The van der Waals surface area contributed by atoms with Crippen molar-refractivity contribution in [2.24, 2.45) is 5.73 Å². The molecule has 1 aromatic carbocycles. The number of nitrogens with two attached hydrogens (primary N) is 1. The summed E-state index contributed by atoms with van der Waals surface area (Å²) in [6.07, 6.45) is 3.35. The second-order valence-corrected chi connectivity index (χ2v) is 5.38. The predicted molar refractivity (Wildman–Crippen MR) is 80.4 cm³/mol. The summed E-state index contributed by atoms with van der Waals surface area (Å²) in [4.78, 5) is 4.11. The van der Waals surface area contributed by atoms with Crippen molar-refractivity contribution < 1.29 is 4.74 Å². The number of ether oxygens (including phenoxy) is 1. The quantitative estimate of drug-likeness (QED) is 0.859. The first-order chi connectivity index (χ1) is 8.66. The molecule has 18 heavy (non-hydrogen) atoms. The minimum atomic E-state index is -0.182. The number of nitrogens with zero attached hydrogens (tertiary/aromatic N) is 1. The number of benzene rings is 1. The summed E-state index contributed by atoms with van der Waals surface area (Å²) in [6, 6.07) is 11.7. The van der Waals surface area contributed by atoms with E-state index in [1.165, 1.54) is 3.57 Å². The molecule has 0 aliphatic rings. The highest BCUT2D eigenvalue weighted by Gasteiger charge is 2.18. The van der Waals surface area contributed by atoms with Gasteiger partial charge in [-0.1, -0.05) is 6.07 Å². The molecule has 1 heterocycles. The van der Waals surface area contributed by atoms with Gasteiger partial charge in [0.1, 0.15) is 11.9 Å². The van der Waals surface area contributed by atoms with Crippen molar-refractivity contribution in [3.8, 4) is 5.75 Å². The molecule has 0 saturated heterocycles. The zero-order valence-corrected chi connectivity index (χ0v) is 12.2. The number of hydrogen-bond donors (Lipinski definition) is 1. The van der Waals surface area contributed by atoms with Gasteiger partial charge in [0.15, 0.2) is 0 Å². The minimum absolute atomic E-state index is 0.103. The Morgan fingerprint density at radius 2 is 1.94 bits per heavy atom. The van der Waals surface area contributed by atoms with Crippen molar-refractivity contribution in [3.05, 3.63) is 57.9 Å². The molecule has 2 N–H and O–H groups in total. The van der Waals surface area contributed by atoms with E-state index in [0.717, 1.165) is 11.3 Å². The fourth-order valence-corrected chi connectivity index (χ4v) is 2.04. The third-order valence-electron chi connectivity index (χ3n) is 2.57. The van der Waals surface area contributed by atoms with E-state index in [2.05, 4.69) is 27.6 Å².